The summed E-state index contributed by atoms with van der Waals surface area (Å²) >= 11 is 0. The van der Waals surface area contributed by atoms with Crippen molar-refractivity contribution in [1.29, 1.82) is 0 Å². The fourth-order valence-corrected chi connectivity index (χ4v) is 3.27. The predicted molar refractivity (Wildman–Crippen MR) is 107 cm³/mol. The van der Waals surface area contributed by atoms with Crippen molar-refractivity contribution in [3.63, 3.8) is 0 Å². The van der Waals surface area contributed by atoms with Gasteiger partial charge in [0, 0.05) is 24.9 Å². The highest BCUT2D eigenvalue weighted by Gasteiger charge is 2.13. The maximum absolute atomic E-state index is 12.4. The number of benzene rings is 3. The number of Topliss-reactive ketones (excluding diaryl/α,β-unsaturated/α-hetero) is 1. The topological polar surface area (TPSA) is 64.6 Å². The van der Waals surface area contributed by atoms with Gasteiger partial charge in [0.15, 0.2) is 17.3 Å². The molecule has 0 aromatic heterocycles. The number of hydrogen-bond acceptors (Lipinski definition) is 4. The van der Waals surface area contributed by atoms with Crippen LogP contribution in [0.3, 0.4) is 0 Å². The van der Waals surface area contributed by atoms with Gasteiger partial charge in [0.1, 0.15) is 0 Å². The van der Waals surface area contributed by atoms with E-state index in [2.05, 4.69) is 5.32 Å². The Balaban J connectivity index is 1.24. The van der Waals surface area contributed by atoms with Crippen molar-refractivity contribution in [2.75, 3.05) is 13.3 Å². The summed E-state index contributed by atoms with van der Waals surface area (Å²) in [6.45, 7) is 0.767. The second kappa shape index (κ2) is 8.13. The van der Waals surface area contributed by atoms with Gasteiger partial charge in [-0.15, -0.1) is 0 Å². The van der Waals surface area contributed by atoms with Crippen LogP contribution in [0.4, 0.5) is 0 Å². The third-order valence-electron chi connectivity index (χ3n) is 4.82. The monoisotopic (exact) mass is 375 g/mol. The lowest BCUT2D eigenvalue weighted by atomic mass is 10.0. The molecule has 3 aromatic carbocycles. The number of rotatable bonds is 7. The standard InChI is InChI=1S/C23H21NO4/c25-20(19-7-6-17-3-1-2-4-18(17)14-19)8-10-23(26)24-12-11-16-5-9-21-22(13-16)28-15-27-21/h1-7,9,13-14H,8,10-12,15H2,(H,24,26). The minimum atomic E-state index is -0.116. The van der Waals surface area contributed by atoms with E-state index in [1.54, 1.807) is 0 Å². The van der Waals surface area contributed by atoms with Crippen molar-refractivity contribution < 1.29 is 19.1 Å². The Morgan fingerprint density at radius 3 is 2.57 bits per heavy atom. The minimum Gasteiger partial charge on any atom is -0.454 e. The first-order chi connectivity index (χ1) is 13.7. The highest BCUT2D eigenvalue weighted by atomic mass is 16.7. The average molecular weight is 375 g/mol. The van der Waals surface area contributed by atoms with Crippen LogP contribution in [0.1, 0.15) is 28.8 Å². The predicted octanol–water partition coefficient (Wildman–Crippen LogP) is 3.89. The number of nitrogens with one attached hydrogen (secondary N) is 1. The molecule has 0 aliphatic carbocycles. The summed E-state index contributed by atoms with van der Waals surface area (Å²) in [5.41, 5.74) is 1.71. The number of amides is 1. The molecular formula is C23H21NO4. The number of hydrogen-bond donors (Lipinski definition) is 1. The molecule has 0 saturated carbocycles. The molecule has 142 valence electrons. The van der Waals surface area contributed by atoms with Crippen molar-refractivity contribution in [3.8, 4) is 11.5 Å². The van der Waals surface area contributed by atoms with Crippen molar-refractivity contribution in [3.05, 3.63) is 71.8 Å². The van der Waals surface area contributed by atoms with Crippen molar-refractivity contribution in [2.45, 2.75) is 19.3 Å². The van der Waals surface area contributed by atoms with Gasteiger partial charge in [0.25, 0.3) is 0 Å². The van der Waals surface area contributed by atoms with E-state index in [1.807, 2.05) is 60.7 Å². The van der Waals surface area contributed by atoms with E-state index in [-0.39, 0.29) is 31.3 Å². The maximum atomic E-state index is 12.4. The zero-order valence-electron chi connectivity index (χ0n) is 15.4. The molecule has 1 N–H and O–H groups in total. The van der Waals surface area contributed by atoms with Crippen LogP contribution in [0, 0.1) is 0 Å². The summed E-state index contributed by atoms with van der Waals surface area (Å²) in [5.74, 6) is 1.36. The SMILES string of the molecule is O=C(CCC(=O)c1ccc2ccccc2c1)NCCc1ccc2c(c1)OCO2. The van der Waals surface area contributed by atoms with Crippen molar-refractivity contribution >= 4 is 22.5 Å². The quantitative estimate of drug-likeness (QED) is 0.637. The van der Waals surface area contributed by atoms with Crippen LogP contribution < -0.4 is 14.8 Å². The lowest BCUT2D eigenvalue weighted by Crippen LogP contribution is -2.26. The molecular weight excluding hydrogens is 354 g/mol. The van der Waals surface area contributed by atoms with Crippen LogP contribution in [0.5, 0.6) is 11.5 Å². The summed E-state index contributed by atoms with van der Waals surface area (Å²) in [7, 11) is 0. The van der Waals surface area contributed by atoms with Gasteiger partial charge in [-0.25, -0.2) is 0 Å². The van der Waals surface area contributed by atoms with E-state index >= 15 is 0 Å². The molecule has 3 aromatic rings. The molecule has 0 bridgehead atoms. The molecule has 0 unspecified atom stereocenters. The Kier molecular flexibility index (Phi) is 5.24. The van der Waals surface area contributed by atoms with E-state index in [0.717, 1.165) is 27.8 Å². The largest absolute Gasteiger partial charge is 0.454 e. The van der Waals surface area contributed by atoms with Crippen LogP contribution >= 0.6 is 0 Å². The first-order valence-corrected chi connectivity index (χ1v) is 9.36. The lowest BCUT2D eigenvalue weighted by Gasteiger charge is -2.07. The number of ketones is 1. The second-order valence-electron chi connectivity index (χ2n) is 6.77. The van der Waals surface area contributed by atoms with Gasteiger partial charge in [-0.2, -0.15) is 0 Å². The summed E-state index contributed by atoms with van der Waals surface area (Å²) in [6, 6.07) is 19.3. The summed E-state index contributed by atoms with van der Waals surface area (Å²) in [4.78, 5) is 24.5. The lowest BCUT2D eigenvalue weighted by molar-refractivity contribution is -0.121. The number of ether oxygens (including phenoxy) is 2. The van der Waals surface area contributed by atoms with Crippen LogP contribution in [0.2, 0.25) is 0 Å². The van der Waals surface area contributed by atoms with Crippen LogP contribution in [0.15, 0.2) is 60.7 Å². The molecule has 0 atom stereocenters. The Morgan fingerprint density at radius 2 is 1.68 bits per heavy atom. The van der Waals surface area contributed by atoms with Gasteiger partial charge in [0.05, 0.1) is 0 Å². The first kappa shape index (κ1) is 18.0. The molecule has 4 rings (SSSR count). The third-order valence-corrected chi connectivity index (χ3v) is 4.82. The summed E-state index contributed by atoms with van der Waals surface area (Å²) in [6.07, 6.45) is 1.09. The molecule has 0 saturated heterocycles. The van der Waals surface area contributed by atoms with E-state index in [9.17, 15) is 9.59 Å². The molecule has 5 nitrogen and oxygen atoms in total. The molecule has 1 amide bonds. The molecule has 0 spiro atoms. The Hall–Kier alpha value is -3.34. The molecule has 28 heavy (non-hydrogen) atoms. The smallest absolute Gasteiger partial charge is 0.231 e. The van der Waals surface area contributed by atoms with Gasteiger partial charge >= 0.3 is 0 Å². The first-order valence-electron chi connectivity index (χ1n) is 9.36. The van der Waals surface area contributed by atoms with Gasteiger partial charge in [-0.3, -0.25) is 9.59 Å². The van der Waals surface area contributed by atoms with Gasteiger partial charge in [0.2, 0.25) is 12.7 Å². The van der Waals surface area contributed by atoms with Crippen molar-refractivity contribution in [2.24, 2.45) is 0 Å². The molecule has 1 aliphatic rings. The molecule has 5 heteroatoms. The number of carbonyl (C=O) groups is 2. The van der Waals surface area contributed by atoms with Gasteiger partial charge in [-0.1, -0.05) is 42.5 Å². The Morgan fingerprint density at radius 1 is 0.857 bits per heavy atom. The van der Waals surface area contributed by atoms with Crippen LogP contribution in [0.25, 0.3) is 10.8 Å². The average Bonchev–Trinajstić information content (AvgIpc) is 3.19. The number of carbonyl (C=O) groups excluding carboxylic acids is 2. The van der Waals surface area contributed by atoms with Crippen LogP contribution in [-0.4, -0.2) is 25.0 Å². The van der Waals surface area contributed by atoms with Gasteiger partial charge < -0.3 is 14.8 Å². The van der Waals surface area contributed by atoms with E-state index in [4.69, 9.17) is 9.47 Å². The van der Waals surface area contributed by atoms with Gasteiger partial charge in [-0.05, 0) is 41.0 Å². The molecule has 0 fully saturated rings. The molecule has 1 heterocycles. The molecule has 0 radical (unpaired) electrons. The second-order valence-corrected chi connectivity index (χ2v) is 6.77. The van der Waals surface area contributed by atoms with E-state index < -0.39 is 0 Å². The fourth-order valence-electron chi connectivity index (χ4n) is 3.27. The highest BCUT2D eigenvalue weighted by molar-refractivity contribution is 6.01. The maximum Gasteiger partial charge on any atom is 0.231 e. The summed E-state index contributed by atoms with van der Waals surface area (Å²) < 4.78 is 10.6. The fraction of sp³-hybridized carbons (Fsp3) is 0.217. The van der Waals surface area contributed by atoms with E-state index in [0.29, 0.717) is 18.5 Å². The Bertz CT molecular complexity index is 1030. The summed E-state index contributed by atoms with van der Waals surface area (Å²) in [5, 5.41) is 5.00. The zero-order valence-corrected chi connectivity index (χ0v) is 15.4. The number of fused-ring (bicyclic) bond motifs is 2. The Labute approximate surface area is 163 Å². The van der Waals surface area contributed by atoms with Crippen molar-refractivity contribution in [1.82, 2.24) is 5.32 Å². The van der Waals surface area contributed by atoms with E-state index in [1.165, 1.54) is 0 Å². The third kappa shape index (κ3) is 4.14. The normalized spacial score (nSPS) is 12.1. The minimum absolute atomic E-state index is 0.0170. The van der Waals surface area contributed by atoms with Crippen LogP contribution in [-0.2, 0) is 11.2 Å². The zero-order chi connectivity index (χ0) is 19.3. The highest BCUT2D eigenvalue weighted by Crippen LogP contribution is 2.32. The molecule has 1 aliphatic heterocycles.